The molecule has 8 heteroatoms. The van der Waals surface area contributed by atoms with E-state index in [9.17, 15) is 10.1 Å². The van der Waals surface area contributed by atoms with Crippen LogP contribution in [0.25, 0.3) is 0 Å². The van der Waals surface area contributed by atoms with Gasteiger partial charge < -0.3 is 15.2 Å². The highest BCUT2D eigenvalue weighted by atomic mass is 16.6. The van der Waals surface area contributed by atoms with E-state index in [1.807, 2.05) is 0 Å². The fourth-order valence-corrected chi connectivity index (χ4v) is 1.00. The Labute approximate surface area is 85.2 Å². The van der Waals surface area contributed by atoms with E-state index >= 15 is 0 Å². The minimum absolute atomic E-state index is 0.110. The first-order valence-corrected chi connectivity index (χ1v) is 3.93. The summed E-state index contributed by atoms with van der Waals surface area (Å²) in [5, 5.41) is 10.6. The van der Waals surface area contributed by atoms with E-state index in [4.69, 9.17) is 15.2 Å². The molecule has 0 amide bonds. The normalized spacial score (nSPS) is 10.0. The van der Waals surface area contributed by atoms with Crippen LogP contribution in [-0.4, -0.2) is 29.1 Å². The number of rotatable bonds is 4. The largest absolute Gasteiger partial charge is 0.476 e. The molecule has 0 saturated heterocycles. The Morgan fingerprint density at radius 2 is 2.13 bits per heavy atom. The number of methoxy groups -OCH3 is 2. The molecule has 0 atom stereocenters. The van der Waals surface area contributed by atoms with Gasteiger partial charge in [-0.3, -0.25) is 10.1 Å². The van der Waals surface area contributed by atoms with Gasteiger partial charge in [0.25, 0.3) is 5.88 Å². The first-order valence-electron chi connectivity index (χ1n) is 3.93. The van der Waals surface area contributed by atoms with Crippen molar-refractivity contribution in [2.24, 2.45) is 0 Å². The van der Waals surface area contributed by atoms with Gasteiger partial charge in [-0.2, -0.15) is 4.98 Å². The van der Waals surface area contributed by atoms with Crippen LogP contribution in [0.1, 0.15) is 5.82 Å². The average molecular weight is 214 g/mol. The van der Waals surface area contributed by atoms with Gasteiger partial charge in [-0.1, -0.05) is 0 Å². The van der Waals surface area contributed by atoms with Crippen molar-refractivity contribution in [3.05, 3.63) is 15.9 Å². The minimum Gasteiger partial charge on any atom is -0.476 e. The van der Waals surface area contributed by atoms with Crippen molar-refractivity contribution in [3.8, 4) is 5.88 Å². The zero-order valence-electron chi connectivity index (χ0n) is 8.26. The summed E-state index contributed by atoms with van der Waals surface area (Å²) in [5.74, 6) is -0.170. The first-order chi connectivity index (χ1) is 7.10. The van der Waals surface area contributed by atoms with Crippen LogP contribution in [0.3, 0.4) is 0 Å². The Hall–Kier alpha value is -1.96. The third-order valence-corrected chi connectivity index (χ3v) is 1.57. The highest BCUT2D eigenvalue weighted by molar-refractivity contribution is 5.58. The molecule has 1 aromatic rings. The maximum absolute atomic E-state index is 10.6. The number of anilines is 1. The Balaban J connectivity index is 3.24. The predicted octanol–water partition coefficient (Wildman–Crippen LogP) is 0.122. The van der Waals surface area contributed by atoms with E-state index in [-0.39, 0.29) is 24.1 Å². The fraction of sp³-hybridized carbons (Fsp3) is 0.429. The zero-order valence-corrected chi connectivity index (χ0v) is 8.26. The van der Waals surface area contributed by atoms with E-state index < -0.39 is 10.6 Å². The van der Waals surface area contributed by atoms with Crippen molar-refractivity contribution in [1.29, 1.82) is 0 Å². The molecule has 82 valence electrons. The Morgan fingerprint density at radius 1 is 1.47 bits per heavy atom. The van der Waals surface area contributed by atoms with Gasteiger partial charge in [0, 0.05) is 7.11 Å². The smallest absolute Gasteiger partial charge is 0.372 e. The lowest BCUT2D eigenvalue weighted by Gasteiger charge is -2.04. The summed E-state index contributed by atoms with van der Waals surface area (Å²) in [4.78, 5) is 17.4. The van der Waals surface area contributed by atoms with Crippen LogP contribution in [-0.2, 0) is 11.3 Å². The average Bonchev–Trinajstić information content (AvgIpc) is 2.16. The molecule has 0 fully saturated rings. The molecule has 0 aliphatic rings. The molecule has 15 heavy (non-hydrogen) atoms. The number of hydrogen-bond donors (Lipinski definition) is 1. The molecule has 1 heterocycles. The molecule has 0 aromatic carbocycles. The van der Waals surface area contributed by atoms with E-state index in [0.717, 1.165) is 0 Å². The van der Waals surface area contributed by atoms with E-state index in [0.29, 0.717) is 0 Å². The van der Waals surface area contributed by atoms with Gasteiger partial charge in [0.05, 0.1) is 12.0 Å². The Bertz CT molecular complexity index is 381. The van der Waals surface area contributed by atoms with Crippen LogP contribution in [0, 0.1) is 10.1 Å². The zero-order chi connectivity index (χ0) is 11.4. The van der Waals surface area contributed by atoms with Crippen molar-refractivity contribution in [1.82, 2.24) is 9.97 Å². The van der Waals surface area contributed by atoms with Gasteiger partial charge in [-0.05, 0) is 0 Å². The molecule has 0 aliphatic heterocycles. The second-order valence-electron chi connectivity index (χ2n) is 2.57. The summed E-state index contributed by atoms with van der Waals surface area (Å²) < 4.78 is 9.52. The number of nitrogens with zero attached hydrogens (tertiary/aromatic N) is 3. The molecule has 1 rings (SSSR count). The van der Waals surface area contributed by atoms with Gasteiger partial charge >= 0.3 is 5.69 Å². The second kappa shape index (κ2) is 4.51. The Kier molecular flexibility index (Phi) is 3.34. The van der Waals surface area contributed by atoms with Crippen molar-refractivity contribution in [2.75, 3.05) is 20.0 Å². The number of nitrogens with two attached hydrogens (primary N) is 1. The van der Waals surface area contributed by atoms with Crippen LogP contribution < -0.4 is 10.5 Å². The fourth-order valence-electron chi connectivity index (χ4n) is 1.00. The molecule has 0 spiro atoms. The van der Waals surface area contributed by atoms with Crippen LogP contribution in [0.5, 0.6) is 5.88 Å². The van der Waals surface area contributed by atoms with Gasteiger partial charge in [0.2, 0.25) is 5.82 Å². The quantitative estimate of drug-likeness (QED) is 0.559. The molecule has 8 nitrogen and oxygen atoms in total. The maximum Gasteiger partial charge on any atom is 0.372 e. The van der Waals surface area contributed by atoms with Crippen LogP contribution in [0.4, 0.5) is 11.5 Å². The monoisotopic (exact) mass is 214 g/mol. The minimum atomic E-state index is -0.690. The summed E-state index contributed by atoms with van der Waals surface area (Å²) in [6, 6.07) is 0. The van der Waals surface area contributed by atoms with E-state index in [1.165, 1.54) is 14.2 Å². The maximum atomic E-state index is 10.6. The van der Waals surface area contributed by atoms with Crippen molar-refractivity contribution >= 4 is 11.5 Å². The van der Waals surface area contributed by atoms with Crippen molar-refractivity contribution in [2.45, 2.75) is 6.61 Å². The molecule has 0 bridgehead atoms. The number of nitrogen functional groups attached to an aromatic ring is 1. The summed E-state index contributed by atoms with van der Waals surface area (Å²) in [6.07, 6.45) is 0. The highest BCUT2D eigenvalue weighted by Crippen LogP contribution is 2.29. The lowest BCUT2D eigenvalue weighted by Crippen LogP contribution is -2.07. The second-order valence-corrected chi connectivity index (χ2v) is 2.57. The van der Waals surface area contributed by atoms with Gasteiger partial charge in [0.15, 0.2) is 5.82 Å². The van der Waals surface area contributed by atoms with Crippen LogP contribution >= 0.6 is 0 Å². The first kappa shape index (κ1) is 11.1. The summed E-state index contributed by atoms with van der Waals surface area (Å²) in [6.45, 7) is 0.110. The summed E-state index contributed by atoms with van der Waals surface area (Å²) >= 11 is 0. The van der Waals surface area contributed by atoms with Crippen LogP contribution in [0.2, 0.25) is 0 Å². The van der Waals surface area contributed by atoms with Crippen molar-refractivity contribution < 1.29 is 14.4 Å². The molecule has 0 aliphatic carbocycles. The van der Waals surface area contributed by atoms with E-state index in [1.54, 1.807) is 0 Å². The number of ether oxygens (including phenoxy) is 2. The number of aromatic nitrogens is 2. The molecule has 1 aromatic heterocycles. The van der Waals surface area contributed by atoms with Gasteiger partial charge in [-0.25, -0.2) is 4.98 Å². The SMILES string of the molecule is COCc1nc(N)c([N+](=O)[O-])c(OC)n1. The van der Waals surface area contributed by atoms with E-state index in [2.05, 4.69) is 9.97 Å². The third kappa shape index (κ3) is 2.29. The van der Waals surface area contributed by atoms with Gasteiger partial charge in [0.1, 0.15) is 6.61 Å². The third-order valence-electron chi connectivity index (χ3n) is 1.57. The highest BCUT2D eigenvalue weighted by Gasteiger charge is 2.23. The number of hydrogen-bond acceptors (Lipinski definition) is 7. The Morgan fingerprint density at radius 3 is 2.60 bits per heavy atom. The topological polar surface area (TPSA) is 113 Å². The molecule has 2 N–H and O–H groups in total. The summed E-state index contributed by atoms with van der Waals surface area (Å²) in [5.41, 5.74) is 4.97. The van der Waals surface area contributed by atoms with Gasteiger partial charge in [-0.15, -0.1) is 0 Å². The number of nitro groups is 1. The molecular weight excluding hydrogens is 204 g/mol. The molecule has 0 radical (unpaired) electrons. The lowest BCUT2D eigenvalue weighted by molar-refractivity contribution is -0.385. The summed E-state index contributed by atoms with van der Waals surface area (Å²) in [7, 11) is 2.72. The molecule has 0 unspecified atom stereocenters. The standard InChI is InChI=1S/C7H10N4O4/c1-14-3-4-9-6(8)5(11(12)13)7(10-4)15-2/h3H2,1-2H3,(H2,8,9,10). The molecular formula is C7H10N4O4. The molecule has 0 saturated carbocycles. The predicted molar refractivity (Wildman–Crippen MR) is 50.4 cm³/mol. The van der Waals surface area contributed by atoms with Crippen molar-refractivity contribution in [3.63, 3.8) is 0 Å². The van der Waals surface area contributed by atoms with Crippen LogP contribution in [0.15, 0.2) is 0 Å². The lowest BCUT2D eigenvalue weighted by atomic mass is 10.4.